The zero-order chi connectivity index (χ0) is 21.5. The van der Waals surface area contributed by atoms with Gasteiger partial charge in [0.2, 0.25) is 0 Å². The summed E-state index contributed by atoms with van der Waals surface area (Å²) in [5, 5.41) is 4.72. The van der Waals surface area contributed by atoms with Crippen molar-refractivity contribution in [1.82, 2.24) is 14.8 Å². The monoisotopic (exact) mass is 431 g/mol. The number of rotatable bonds is 4. The Morgan fingerprint density at radius 3 is 2.57 bits per heavy atom. The van der Waals surface area contributed by atoms with E-state index in [1.54, 1.807) is 54.3 Å². The number of aromatic nitrogens is 3. The zero-order valence-corrected chi connectivity index (χ0v) is 16.6. The maximum absolute atomic E-state index is 13.4. The molecule has 154 valence electrons. The predicted molar refractivity (Wildman–Crippen MR) is 108 cm³/mol. The van der Waals surface area contributed by atoms with Gasteiger partial charge in [-0.25, -0.2) is 13.1 Å². The highest BCUT2D eigenvalue weighted by atomic mass is 32.2. The van der Waals surface area contributed by atoms with E-state index in [0.29, 0.717) is 27.8 Å². The average molecular weight is 431 g/mol. The molecule has 0 fully saturated rings. The van der Waals surface area contributed by atoms with Crippen molar-refractivity contribution in [3.8, 4) is 16.8 Å². The number of benzene rings is 2. The first-order valence-corrected chi connectivity index (χ1v) is 10.3. The highest BCUT2D eigenvalue weighted by Crippen LogP contribution is 2.38. The molecule has 0 N–H and O–H groups in total. The fraction of sp³-hybridized carbons (Fsp3) is 0.143. The molecule has 0 unspecified atom stereocenters. The smallest absolute Gasteiger partial charge is 0.255 e. The van der Waals surface area contributed by atoms with Crippen molar-refractivity contribution >= 4 is 21.6 Å². The molecule has 4 aromatic rings. The number of fused-ring (bicyclic) bond motifs is 1. The molecule has 0 aliphatic carbocycles. The summed E-state index contributed by atoms with van der Waals surface area (Å²) >= 11 is 0. The van der Waals surface area contributed by atoms with Gasteiger partial charge in [-0.3, -0.25) is 4.98 Å². The molecule has 4 rings (SSSR count). The standard InChI is InChI=1S/C21H16F3N3O2S/c1-13-9-25-20-17(6-3-7-18(20)21(22,23)24)19(13)15-10-26-27(11-15)16-5-2-4-14(8-16)12-30(28)29/h2-11,30H,12H2,1H3. The molecule has 0 aliphatic heterocycles. The van der Waals surface area contributed by atoms with E-state index in [-0.39, 0.29) is 11.3 Å². The van der Waals surface area contributed by atoms with E-state index in [0.717, 1.165) is 11.6 Å². The van der Waals surface area contributed by atoms with Gasteiger partial charge in [0, 0.05) is 23.3 Å². The maximum Gasteiger partial charge on any atom is 0.418 e. The van der Waals surface area contributed by atoms with E-state index in [2.05, 4.69) is 10.1 Å². The van der Waals surface area contributed by atoms with Gasteiger partial charge in [0.25, 0.3) is 0 Å². The maximum atomic E-state index is 13.4. The Morgan fingerprint density at radius 2 is 1.83 bits per heavy atom. The number of aryl methyl sites for hydroxylation is 1. The number of halogens is 3. The first-order valence-electron chi connectivity index (χ1n) is 8.96. The van der Waals surface area contributed by atoms with Crippen LogP contribution in [0.15, 0.2) is 61.1 Å². The van der Waals surface area contributed by atoms with Crippen LogP contribution in [-0.2, 0) is 22.6 Å². The third kappa shape index (κ3) is 3.80. The van der Waals surface area contributed by atoms with Crippen LogP contribution in [0.1, 0.15) is 16.7 Å². The molecule has 5 nitrogen and oxygen atoms in total. The van der Waals surface area contributed by atoms with Crippen molar-refractivity contribution in [1.29, 1.82) is 0 Å². The van der Waals surface area contributed by atoms with E-state index < -0.39 is 22.4 Å². The Labute approximate surface area is 171 Å². The Kier molecular flexibility index (Phi) is 5.07. The number of hydrogen-bond acceptors (Lipinski definition) is 4. The first kappa shape index (κ1) is 20.1. The number of hydrogen-bond donors (Lipinski definition) is 1. The van der Waals surface area contributed by atoms with E-state index in [1.807, 2.05) is 0 Å². The number of nitrogens with zero attached hydrogens (tertiary/aromatic N) is 3. The Bertz CT molecular complexity index is 1320. The average Bonchev–Trinajstić information content (AvgIpc) is 3.16. The molecule has 0 saturated heterocycles. The van der Waals surface area contributed by atoms with E-state index in [4.69, 9.17) is 0 Å². The van der Waals surface area contributed by atoms with Crippen molar-refractivity contribution in [2.75, 3.05) is 0 Å². The lowest BCUT2D eigenvalue weighted by molar-refractivity contribution is -0.136. The van der Waals surface area contributed by atoms with Crippen molar-refractivity contribution < 1.29 is 21.6 Å². The van der Waals surface area contributed by atoms with E-state index in [9.17, 15) is 21.6 Å². The van der Waals surface area contributed by atoms with Gasteiger partial charge in [-0.15, -0.1) is 0 Å². The molecule has 0 radical (unpaired) electrons. The van der Waals surface area contributed by atoms with E-state index in [1.165, 1.54) is 12.3 Å². The summed E-state index contributed by atoms with van der Waals surface area (Å²) in [5.41, 5.74) is 2.37. The summed E-state index contributed by atoms with van der Waals surface area (Å²) in [7, 11) is -2.55. The fourth-order valence-electron chi connectivity index (χ4n) is 3.47. The summed E-state index contributed by atoms with van der Waals surface area (Å²) in [5.74, 6) is -0.0778. The highest BCUT2D eigenvalue weighted by molar-refractivity contribution is 7.71. The Hall–Kier alpha value is -3.20. The van der Waals surface area contributed by atoms with Crippen LogP contribution in [0.5, 0.6) is 0 Å². The van der Waals surface area contributed by atoms with Crippen LogP contribution in [-0.4, -0.2) is 23.2 Å². The summed E-state index contributed by atoms with van der Waals surface area (Å²) in [4.78, 5) is 4.03. The first-order chi connectivity index (χ1) is 14.2. The predicted octanol–water partition coefficient (Wildman–Crippen LogP) is 4.53. The molecule has 9 heteroatoms. The third-order valence-corrected chi connectivity index (χ3v) is 5.37. The van der Waals surface area contributed by atoms with Crippen LogP contribution in [0.2, 0.25) is 0 Å². The van der Waals surface area contributed by atoms with Gasteiger partial charge >= 0.3 is 6.18 Å². The third-order valence-electron chi connectivity index (χ3n) is 4.75. The number of pyridine rings is 1. The Balaban J connectivity index is 1.84. The zero-order valence-electron chi connectivity index (χ0n) is 15.7. The van der Waals surface area contributed by atoms with E-state index >= 15 is 0 Å². The minimum atomic E-state index is -4.51. The number of alkyl halides is 3. The molecule has 0 saturated carbocycles. The second-order valence-corrected chi connectivity index (χ2v) is 7.83. The van der Waals surface area contributed by atoms with Crippen molar-refractivity contribution in [2.45, 2.75) is 18.9 Å². The molecule has 30 heavy (non-hydrogen) atoms. The van der Waals surface area contributed by atoms with Crippen molar-refractivity contribution in [2.24, 2.45) is 0 Å². The lowest BCUT2D eigenvalue weighted by atomic mass is 9.97. The van der Waals surface area contributed by atoms with Gasteiger partial charge in [-0.2, -0.15) is 18.3 Å². The van der Waals surface area contributed by atoms with Gasteiger partial charge in [-0.05, 0) is 41.8 Å². The minimum absolute atomic E-state index is 0.0778. The molecule has 2 aromatic heterocycles. The highest BCUT2D eigenvalue weighted by Gasteiger charge is 2.33. The number of para-hydroxylation sites is 1. The van der Waals surface area contributed by atoms with Crippen LogP contribution in [0, 0.1) is 6.92 Å². The normalized spacial score (nSPS) is 12.0. The fourth-order valence-corrected chi connectivity index (χ4v) is 3.97. The minimum Gasteiger partial charge on any atom is -0.255 e. The molecule has 0 bridgehead atoms. The molecular weight excluding hydrogens is 415 g/mol. The topological polar surface area (TPSA) is 64.8 Å². The van der Waals surface area contributed by atoms with Crippen molar-refractivity contribution in [3.05, 3.63) is 77.7 Å². The van der Waals surface area contributed by atoms with Crippen molar-refractivity contribution in [3.63, 3.8) is 0 Å². The van der Waals surface area contributed by atoms with Crippen LogP contribution in [0.3, 0.4) is 0 Å². The van der Waals surface area contributed by atoms with Gasteiger partial charge in [0.1, 0.15) is 10.7 Å². The second kappa shape index (κ2) is 7.56. The summed E-state index contributed by atoms with van der Waals surface area (Å²) in [6.07, 6.45) is 0.197. The summed E-state index contributed by atoms with van der Waals surface area (Å²) < 4.78 is 63.8. The molecule has 0 atom stereocenters. The summed E-state index contributed by atoms with van der Waals surface area (Å²) in [6, 6.07) is 10.9. The molecule has 2 heterocycles. The second-order valence-electron chi connectivity index (χ2n) is 6.85. The van der Waals surface area contributed by atoms with Gasteiger partial charge < -0.3 is 0 Å². The van der Waals surface area contributed by atoms with Crippen LogP contribution >= 0.6 is 0 Å². The van der Waals surface area contributed by atoms with Gasteiger partial charge in [-0.1, -0.05) is 24.3 Å². The largest absolute Gasteiger partial charge is 0.418 e. The molecule has 0 aliphatic rings. The van der Waals surface area contributed by atoms with Crippen LogP contribution in [0.25, 0.3) is 27.7 Å². The Morgan fingerprint density at radius 1 is 1.07 bits per heavy atom. The number of thiol groups is 1. The van der Waals surface area contributed by atoms with Crippen LogP contribution < -0.4 is 0 Å². The quantitative estimate of drug-likeness (QED) is 0.483. The molecule has 0 spiro atoms. The molecular formula is C21H16F3N3O2S. The van der Waals surface area contributed by atoms with Gasteiger partial charge in [0.05, 0.1) is 28.7 Å². The lowest BCUT2D eigenvalue weighted by Crippen LogP contribution is -2.07. The SMILES string of the molecule is Cc1cnc2c(C(F)(F)F)cccc2c1-c1cnn(-c2cccc(C[SH](=O)=O)c2)c1. The van der Waals surface area contributed by atoms with Crippen LogP contribution in [0.4, 0.5) is 13.2 Å². The summed E-state index contributed by atoms with van der Waals surface area (Å²) in [6.45, 7) is 1.78. The lowest BCUT2D eigenvalue weighted by Gasteiger charge is -2.13. The molecule has 2 aromatic carbocycles. The van der Waals surface area contributed by atoms with Gasteiger partial charge in [0.15, 0.2) is 0 Å². The molecule has 0 amide bonds.